The first-order valence-electron chi connectivity index (χ1n) is 4.35. The van der Waals surface area contributed by atoms with Crippen LogP contribution in [0.25, 0.3) is 0 Å². The van der Waals surface area contributed by atoms with Gasteiger partial charge in [0.05, 0.1) is 17.4 Å². The van der Waals surface area contributed by atoms with E-state index < -0.39 is 0 Å². The van der Waals surface area contributed by atoms with E-state index >= 15 is 0 Å². The topological polar surface area (TPSA) is 78.0 Å². The van der Waals surface area contributed by atoms with Crippen molar-refractivity contribution in [3.63, 3.8) is 0 Å². The SMILES string of the molecule is O=C(Nc1cn[nH]c1)c1ccccc1O. The molecule has 1 heterocycles. The molecule has 5 nitrogen and oxygen atoms in total. The molecule has 1 aromatic heterocycles. The number of para-hydroxylation sites is 1. The first-order valence-corrected chi connectivity index (χ1v) is 4.35. The van der Waals surface area contributed by atoms with Crippen LogP contribution in [0.1, 0.15) is 10.4 Å². The van der Waals surface area contributed by atoms with Gasteiger partial charge >= 0.3 is 0 Å². The Labute approximate surface area is 85.8 Å². The third-order valence-electron chi connectivity index (χ3n) is 1.90. The zero-order chi connectivity index (χ0) is 10.7. The number of aromatic hydroxyl groups is 1. The monoisotopic (exact) mass is 203 g/mol. The molecule has 1 amide bonds. The van der Waals surface area contributed by atoms with Gasteiger partial charge in [-0.15, -0.1) is 0 Å². The first-order chi connectivity index (χ1) is 7.27. The maximum absolute atomic E-state index is 11.6. The van der Waals surface area contributed by atoms with E-state index in [0.717, 1.165) is 0 Å². The number of rotatable bonds is 2. The molecule has 0 aliphatic heterocycles. The lowest BCUT2D eigenvalue weighted by Crippen LogP contribution is -2.11. The van der Waals surface area contributed by atoms with Crippen molar-refractivity contribution in [2.45, 2.75) is 0 Å². The number of hydrogen-bond acceptors (Lipinski definition) is 3. The zero-order valence-corrected chi connectivity index (χ0v) is 7.77. The number of hydrogen-bond donors (Lipinski definition) is 3. The lowest BCUT2D eigenvalue weighted by molar-refractivity contribution is 0.102. The van der Waals surface area contributed by atoms with Crippen LogP contribution in [0.4, 0.5) is 5.69 Å². The van der Waals surface area contributed by atoms with Gasteiger partial charge in [-0.05, 0) is 12.1 Å². The minimum atomic E-state index is -0.366. The lowest BCUT2D eigenvalue weighted by Gasteiger charge is -2.03. The van der Waals surface area contributed by atoms with Crippen LogP contribution in [-0.2, 0) is 0 Å². The van der Waals surface area contributed by atoms with Gasteiger partial charge in [-0.25, -0.2) is 0 Å². The molecule has 0 radical (unpaired) electrons. The Morgan fingerprint density at radius 2 is 2.20 bits per heavy atom. The predicted molar refractivity (Wildman–Crippen MR) is 54.6 cm³/mol. The Balaban J connectivity index is 2.19. The van der Waals surface area contributed by atoms with Crippen LogP contribution in [0.5, 0.6) is 5.75 Å². The number of nitrogens with one attached hydrogen (secondary N) is 2. The molecule has 0 aliphatic rings. The van der Waals surface area contributed by atoms with E-state index in [4.69, 9.17) is 0 Å². The highest BCUT2D eigenvalue weighted by atomic mass is 16.3. The summed E-state index contributed by atoms with van der Waals surface area (Å²) in [6, 6.07) is 6.35. The molecule has 0 saturated carbocycles. The fraction of sp³-hybridized carbons (Fsp3) is 0. The van der Waals surface area contributed by atoms with E-state index in [9.17, 15) is 9.90 Å². The van der Waals surface area contributed by atoms with E-state index in [2.05, 4.69) is 15.5 Å². The van der Waals surface area contributed by atoms with Crippen LogP contribution in [0.3, 0.4) is 0 Å². The van der Waals surface area contributed by atoms with Crippen LogP contribution >= 0.6 is 0 Å². The van der Waals surface area contributed by atoms with Crippen LogP contribution < -0.4 is 5.32 Å². The molecule has 0 atom stereocenters. The summed E-state index contributed by atoms with van der Waals surface area (Å²) in [5.74, 6) is -0.409. The van der Waals surface area contributed by atoms with Gasteiger partial charge in [0.1, 0.15) is 5.75 Å². The number of benzene rings is 1. The summed E-state index contributed by atoms with van der Waals surface area (Å²) in [4.78, 5) is 11.6. The second kappa shape index (κ2) is 3.83. The summed E-state index contributed by atoms with van der Waals surface area (Å²) in [7, 11) is 0. The molecule has 2 rings (SSSR count). The van der Waals surface area contributed by atoms with Crippen molar-refractivity contribution in [2.75, 3.05) is 5.32 Å². The predicted octanol–water partition coefficient (Wildman–Crippen LogP) is 1.37. The van der Waals surface area contributed by atoms with Gasteiger partial charge in [-0.1, -0.05) is 12.1 Å². The Morgan fingerprint density at radius 3 is 2.87 bits per heavy atom. The molecule has 0 fully saturated rings. The summed E-state index contributed by atoms with van der Waals surface area (Å²) in [5, 5.41) is 18.3. The number of aromatic nitrogens is 2. The van der Waals surface area contributed by atoms with Crippen molar-refractivity contribution in [2.24, 2.45) is 0 Å². The highest BCUT2D eigenvalue weighted by Crippen LogP contribution is 2.16. The van der Waals surface area contributed by atoms with Crippen LogP contribution in [0.2, 0.25) is 0 Å². The average molecular weight is 203 g/mol. The van der Waals surface area contributed by atoms with Crippen molar-refractivity contribution in [1.29, 1.82) is 0 Å². The average Bonchev–Trinajstić information content (AvgIpc) is 2.71. The molecule has 15 heavy (non-hydrogen) atoms. The fourth-order valence-electron chi connectivity index (χ4n) is 1.18. The van der Waals surface area contributed by atoms with E-state index in [1.54, 1.807) is 24.4 Å². The standard InChI is InChI=1S/C10H9N3O2/c14-9-4-2-1-3-8(9)10(15)13-7-5-11-12-6-7/h1-6,14H,(H,11,12)(H,13,15). The molecule has 0 aliphatic carbocycles. The molecule has 0 saturated heterocycles. The van der Waals surface area contributed by atoms with Gasteiger partial charge in [0.15, 0.2) is 0 Å². The lowest BCUT2D eigenvalue weighted by atomic mass is 10.2. The number of carbonyl (C=O) groups is 1. The van der Waals surface area contributed by atoms with Crippen LogP contribution in [-0.4, -0.2) is 21.2 Å². The summed E-state index contributed by atoms with van der Waals surface area (Å²) >= 11 is 0. The molecule has 0 bridgehead atoms. The van der Waals surface area contributed by atoms with E-state index in [-0.39, 0.29) is 17.2 Å². The minimum Gasteiger partial charge on any atom is -0.507 e. The van der Waals surface area contributed by atoms with Crippen LogP contribution in [0, 0.1) is 0 Å². The molecule has 3 N–H and O–H groups in total. The maximum atomic E-state index is 11.6. The smallest absolute Gasteiger partial charge is 0.259 e. The highest BCUT2D eigenvalue weighted by molar-refractivity contribution is 6.05. The molecular formula is C10H9N3O2. The van der Waals surface area contributed by atoms with Gasteiger partial charge in [-0.3, -0.25) is 9.89 Å². The fourth-order valence-corrected chi connectivity index (χ4v) is 1.18. The van der Waals surface area contributed by atoms with Crippen molar-refractivity contribution in [1.82, 2.24) is 10.2 Å². The van der Waals surface area contributed by atoms with Crippen molar-refractivity contribution < 1.29 is 9.90 Å². The number of nitrogens with zero attached hydrogens (tertiary/aromatic N) is 1. The third kappa shape index (κ3) is 1.96. The van der Waals surface area contributed by atoms with E-state index in [1.165, 1.54) is 12.3 Å². The van der Waals surface area contributed by atoms with E-state index in [1.807, 2.05) is 0 Å². The van der Waals surface area contributed by atoms with Crippen LogP contribution in [0.15, 0.2) is 36.7 Å². The normalized spacial score (nSPS) is 9.87. The minimum absolute atomic E-state index is 0.0431. The second-order valence-electron chi connectivity index (χ2n) is 2.96. The van der Waals surface area contributed by atoms with Crippen molar-refractivity contribution in [3.8, 4) is 5.75 Å². The van der Waals surface area contributed by atoms with E-state index in [0.29, 0.717) is 5.69 Å². The summed E-state index contributed by atoms with van der Waals surface area (Å²) in [6.45, 7) is 0. The van der Waals surface area contributed by atoms with Crippen molar-refractivity contribution >= 4 is 11.6 Å². The van der Waals surface area contributed by atoms with Gasteiger partial charge < -0.3 is 10.4 Å². The van der Waals surface area contributed by atoms with Crippen molar-refractivity contribution in [3.05, 3.63) is 42.2 Å². The highest BCUT2D eigenvalue weighted by Gasteiger charge is 2.10. The molecule has 0 unspecified atom stereocenters. The zero-order valence-electron chi connectivity index (χ0n) is 7.77. The first kappa shape index (κ1) is 9.26. The molecule has 1 aromatic carbocycles. The molecule has 0 spiro atoms. The molecule has 76 valence electrons. The Morgan fingerprint density at radius 1 is 1.40 bits per heavy atom. The largest absolute Gasteiger partial charge is 0.507 e. The molecule has 5 heteroatoms. The maximum Gasteiger partial charge on any atom is 0.259 e. The van der Waals surface area contributed by atoms with Gasteiger partial charge in [0.25, 0.3) is 5.91 Å². The Hall–Kier alpha value is -2.30. The number of phenolic OH excluding ortho intramolecular Hbond substituents is 1. The number of aromatic amines is 1. The molecular weight excluding hydrogens is 194 g/mol. The summed E-state index contributed by atoms with van der Waals surface area (Å²) in [6.07, 6.45) is 3.04. The second-order valence-corrected chi connectivity index (χ2v) is 2.96. The Kier molecular flexibility index (Phi) is 2.37. The van der Waals surface area contributed by atoms with Gasteiger partial charge in [-0.2, -0.15) is 5.10 Å². The van der Waals surface area contributed by atoms with Gasteiger partial charge in [0.2, 0.25) is 0 Å². The number of anilines is 1. The quantitative estimate of drug-likeness (QED) is 0.689. The molecule has 2 aromatic rings. The Bertz CT molecular complexity index is 465. The summed E-state index contributed by atoms with van der Waals surface area (Å²) < 4.78 is 0. The summed E-state index contributed by atoms with van der Waals surface area (Å²) in [5.41, 5.74) is 0.793. The number of amides is 1. The number of H-pyrrole nitrogens is 1. The number of phenols is 1. The number of carbonyl (C=O) groups excluding carboxylic acids is 1. The third-order valence-corrected chi connectivity index (χ3v) is 1.90. The van der Waals surface area contributed by atoms with Gasteiger partial charge in [0, 0.05) is 6.20 Å².